The Morgan fingerprint density at radius 1 is 1.44 bits per heavy atom. The average Bonchev–Trinajstić information content (AvgIpc) is 2.74. The van der Waals surface area contributed by atoms with Gasteiger partial charge in [-0.3, -0.25) is 4.68 Å². The molecule has 1 N–H and O–H groups in total. The Bertz CT molecular complexity index is 433. The first-order valence-corrected chi connectivity index (χ1v) is 5.78. The zero-order valence-electron chi connectivity index (χ0n) is 10.2. The number of nitrogens with zero attached hydrogens (tertiary/aromatic N) is 3. The lowest BCUT2D eigenvalue weighted by molar-refractivity contribution is 0.525. The molecule has 0 radical (unpaired) electrons. The molecule has 0 saturated heterocycles. The highest BCUT2D eigenvalue weighted by Gasteiger charge is 2.30. The van der Waals surface area contributed by atoms with Crippen LogP contribution in [0.5, 0.6) is 0 Å². The lowest BCUT2D eigenvalue weighted by atomic mass is 10.0. The van der Waals surface area contributed by atoms with Gasteiger partial charge in [-0.15, -0.1) is 0 Å². The first kappa shape index (κ1) is 11.0. The van der Waals surface area contributed by atoms with Crippen molar-refractivity contribution in [1.29, 1.82) is 5.26 Å². The Hall–Kier alpha value is -1.50. The fourth-order valence-corrected chi connectivity index (χ4v) is 2.50. The summed E-state index contributed by atoms with van der Waals surface area (Å²) < 4.78 is 1.78. The minimum atomic E-state index is 0.131. The van der Waals surface area contributed by atoms with Crippen LogP contribution in [0.25, 0.3) is 0 Å². The topological polar surface area (TPSA) is 53.6 Å². The van der Waals surface area contributed by atoms with Crippen LogP contribution in [-0.2, 0) is 7.05 Å². The molecule has 0 unspecified atom stereocenters. The van der Waals surface area contributed by atoms with E-state index in [1.54, 1.807) is 4.68 Å². The molecule has 4 nitrogen and oxygen atoms in total. The van der Waals surface area contributed by atoms with E-state index in [9.17, 15) is 0 Å². The molecular weight excluding hydrogens is 200 g/mol. The van der Waals surface area contributed by atoms with Crippen molar-refractivity contribution < 1.29 is 0 Å². The molecule has 0 amide bonds. The Balaban J connectivity index is 2.31. The van der Waals surface area contributed by atoms with Gasteiger partial charge in [0.25, 0.3) is 0 Å². The van der Waals surface area contributed by atoms with Crippen LogP contribution in [0.15, 0.2) is 0 Å². The predicted molar refractivity (Wildman–Crippen MR) is 63.2 cm³/mol. The molecule has 0 bridgehead atoms. The first-order valence-electron chi connectivity index (χ1n) is 5.78. The molecule has 1 aromatic heterocycles. The molecule has 16 heavy (non-hydrogen) atoms. The lowest BCUT2D eigenvalue weighted by Gasteiger charge is -2.26. The normalized spacial score (nSPS) is 18.4. The standard InChI is InChI=1S/C12H18N4/c1-9-10(8-13)11(16(3)15-9)14-12(2)6-4-5-7-12/h14H,4-7H2,1-3H3. The highest BCUT2D eigenvalue weighted by Crippen LogP contribution is 2.33. The maximum absolute atomic E-state index is 9.13. The molecule has 1 heterocycles. The van der Waals surface area contributed by atoms with Crippen molar-refractivity contribution in [2.75, 3.05) is 5.32 Å². The smallest absolute Gasteiger partial charge is 0.142 e. The summed E-state index contributed by atoms with van der Waals surface area (Å²) in [5.41, 5.74) is 1.61. The number of aryl methyl sites for hydroxylation is 2. The van der Waals surface area contributed by atoms with Crippen LogP contribution in [0.3, 0.4) is 0 Å². The van der Waals surface area contributed by atoms with Crippen LogP contribution >= 0.6 is 0 Å². The Labute approximate surface area is 96.3 Å². The first-order chi connectivity index (χ1) is 7.56. The maximum Gasteiger partial charge on any atom is 0.142 e. The Morgan fingerprint density at radius 3 is 2.62 bits per heavy atom. The number of nitriles is 1. The summed E-state index contributed by atoms with van der Waals surface area (Å²) in [6.07, 6.45) is 4.87. The third-order valence-electron chi connectivity index (χ3n) is 3.46. The van der Waals surface area contributed by atoms with Gasteiger partial charge in [0.1, 0.15) is 17.5 Å². The van der Waals surface area contributed by atoms with E-state index in [4.69, 9.17) is 5.26 Å². The molecule has 2 rings (SSSR count). The third kappa shape index (κ3) is 1.78. The number of hydrogen-bond donors (Lipinski definition) is 1. The van der Waals surface area contributed by atoms with E-state index in [1.807, 2.05) is 14.0 Å². The van der Waals surface area contributed by atoms with Crippen molar-refractivity contribution in [3.8, 4) is 6.07 Å². The van der Waals surface area contributed by atoms with Crippen LogP contribution in [0.4, 0.5) is 5.82 Å². The van der Waals surface area contributed by atoms with E-state index in [1.165, 1.54) is 25.7 Å². The third-order valence-corrected chi connectivity index (χ3v) is 3.46. The second kappa shape index (κ2) is 3.82. The number of anilines is 1. The Morgan fingerprint density at radius 2 is 2.06 bits per heavy atom. The number of rotatable bonds is 2. The van der Waals surface area contributed by atoms with Gasteiger partial charge in [-0.25, -0.2) is 0 Å². The van der Waals surface area contributed by atoms with Crippen LogP contribution in [0.1, 0.15) is 43.9 Å². The van der Waals surface area contributed by atoms with E-state index < -0.39 is 0 Å². The molecule has 0 spiro atoms. The van der Waals surface area contributed by atoms with Crippen molar-refractivity contribution in [3.05, 3.63) is 11.3 Å². The summed E-state index contributed by atoms with van der Waals surface area (Å²) in [6.45, 7) is 4.10. The van der Waals surface area contributed by atoms with Gasteiger partial charge in [0.05, 0.1) is 5.69 Å². The van der Waals surface area contributed by atoms with Crippen molar-refractivity contribution in [2.24, 2.45) is 7.05 Å². The SMILES string of the molecule is Cc1nn(C)c(NC2(C)CCCC2)c1C#N. The van der Waals surface area contributed by atoms with Gasteiger partial charge in [0.15, 0.2) is 0 Å². The highest BCUT2D eigenvalue weighted by atomic mass is 15.3. The van der Waals surface area contributed by atoms with Crippen LogP contribution in [0.2, 0.25) is 0 Å². The van der Waals surface area contributed by atoms with Gasteiger partial charge < -0.3 is 5.32 Å². The van der Waals surface area contributed by atoms with Crippen molar-refractivity contribution >= 4 is 5.82 Å². The van der Waals surface area contributed by atoms with Crippen LogP contribution in [-0.4, -0.2) is 15.3 Å². The van der Waals surface area contributed by atoms with Gasteiger partial charge in [-0.1, -0.05) is 12.8 Å². The second-order valence-corrected chi connectivity index (χ2v) is 4.94. The number of aromatic nitrogens is 2. The van der Waals surface area contributed by atoms with Gasteiger partial charge in [-0.05, 0) is 26.7 Å². The van der Waals surface area contributed by atoms with E-state index in [-0.39, 0.29) is 5.54 Å². The summed E-state index contributed by atoms with van der Waals surface area (Å²) in [6, 6.07) is 2.23. The molecule has 1 aliphatic rings. The minimum Gasteiger partial charge on any atom is -0.364 e. The summed E-state index contributed by atoms with van der Waals surface area (Å²) >= 11 is 0. The van der Waals surface area contributed by atoms with E-state index in [0.717, 1.165) is 11.5 Å². The van der Waals surface area contributed by atoms with Crippen molar-refractivity contribution in [1.82, 2.24) is 9.78 Å². The molecule has 0 aliphatic heterocycles. The molecule has 0 atom stereocenters. The minimum absolute atomic E-state index is 0.131. The molecule has 1 fully saturated rings. The van der Waals surface area contributed by atoms with E-state index in [0.29, 0.717) is 5.56 Å². The van der Waals surface area contributed by atoms with Gasteiger partial charge in [0, 0.05) is 12.6 Å². The zero-order chi connectivity index (χ0) is 11.8. The van der Waals surface area contributed by atoms with E-state index in [2.05, 4.69) is 23.4 Å². The maximum atomic E-state index is 9.13. The lowest BCUT2D eigenvalue weighted by Crippen LogP contribution is -2.32. The van der Waals surface area contributed by atoms with Crippen molar-refractivity contribution in [3.63, 3.8) is 0 Å². The number of hydrogen-bond acceptors (Lipinski definition) is 3. The summed E-state index contributed by atoms with van der Waals surface area (Å²) in [4.78, 5) is 0. The highest BCUT2D eigenvalue weighted by molar-refractivity contribution is 5.56. The van der Waals surface area contributed by atoms with Gasteiger partial charge in [-0.2, -0.15) is 10.4 Å². The van der Waals surface area contributed by atoms with Gasteiger partial charge in [0.2, 0.25) is 0 Å². The summed E-state index contributed by atoms with van der Waals surface area (Å²) in [5, 5.41) is 16.9. The van der Waals surface area contributed by atoms with Crippen LogP contribution < -0.4 is 5.32 Å². The largest absolute Gasteiger partial charge is 0.364 e. The zero-order valence-corrected chi connectivity index (χ0v) is 10.2. The molecular formula is C12H18N4. The fraction of sp³-hybridized carbons (Fsp3) is 0.667. The monoisotopic (exact) mass is 218 g/mol. The molecule has 0 aromatic carbocycles. The molecule has 1 aromatic rings. The van der Waals surface area contributed by atoms with E-state index >= 15 is 0 Å². The summed E-state index contributed by atoms with van der Waals surface area (Å²) in [7, 11) is 1.88. The predicted octanol–water partition coefficient (Wildman–Crippen LogP) is 2.34. The molecule has 1 aliphatic carbocycles. The van der Waals surface area contributed by atoms with Crippen molar-refractivity contribution in [2.45, 2.75) is 45.1 Å². The molecule has 86 valence electrons. The average molecular weight is 218 g/mol. The fourth-order valence-electron chi connectivity index (χ4n) is 2.50. The van der Waals surface area contributed by atoms with Gasteiger partial charge >= 0.3 is 0 Å². The quantitative estimate of drug-likeness (QED) is 0.829. The Kier molecular flexibility index (Phi) is 2.63. The molecule has 4 heteroatoms. The molecule has 1 saturated carbocycles. The number of nitrogens with one attached hydrogen (secondary N) is 1. The summed E-state index contributed by atoms with van der Waals surface area (Å²) in [5.74, 6) is 0.865. The van der Waals surface area contributed by atoms with Crippen LogP contribution in [0, 0.1) is 18.3 Å². The second-order valence-electron chi connectivity index (χ2n) is 4.94.